The van der Waals surface area contributed by atoms with Crippen molar-refractivity contribution in [1.29, 1.82) is 0 Å². The summed E-state index contributed by atoms with van der Waals surface area (Å²) in [6.45, 7) is 6.50. The number of carbonyl (C=O) groups excluding carboxylic acids is 1. The van der Waals surface area contributed by atoms with Gasteiger partial charge in [-0.25, -0.2) is 4.99 Å². The van der Waals surface area contributed by atoms with Gasteiger partial charge in [0.05, 0.1) is 28.8 Å². The molecule has 1 saturated heterocycles. The van der Waals surface area contributed by atoms with Gasteiger partial charge >= 0.3 is 0 Å². The van der Waals surface area contributed by atoms with E-state index in [2.05, 4.69) is 32.3 Å². The second-order valence-electron chi connectivity index (χ2n) is 6.29. The van der Waals surface area contributed by atoms with Crippen LogP contribution in [0.15, 0.2) is 44.7 Å². The predicted molar refractivity (Wildman–Crippen MR) is 119 cm³/mol. The number of methoxy groups -OCH3 is 1. The number of nitrogens with zero attached hydrogens (tertiary/aromatic N) is 1. The third-order valence-electron chi connectivity index (χ3n) is 3.93. The Balaban J connectivity index is 1.88. The largest absolute Gasteiger partial charge is 0.493 e. The number of amidine groups is 1. The van der Waals surface area contributed by atoms with Crippen LogP contribution in [0.2, 0.25) is 0 Å². The van der Waals surface area contributed by atoms with Crippen molar-refractivity contribution < 1.29 is 14.3 Å². The van der Waals surface area contributed by atoms with Gasteiger partial charge in [-0.15, -0.1) is 0 Å². The highest BCUT2D eigenvalue weighted by molar-refractivity contribution is 9.10. The molecule has 1 aliphatic rings. The van der Waals surface area contributed by atoms with E-state index >= 15 is 0 Å². The normalized spacial score (nSPS) is 16.5. The van der Waals surface area contributed by atoms with Crippen LogP contribution in [0.3, 0.4) is 0 Å². The molecule has 0 spiro atoms. The number of halogens is 1. The van der Waals surface area contributed by atoms with Crippen LogP contribution in [0.1, 0.15) is 23.6 Å². The van der Waals surface area contributed by atoms with Crippen molar-refractivity contribution in [2.24, 2.45) is 4.99 Å². The van der Waals surface area contributed by atoms with Crippen molar-refractivity contribution in [1.82, 2.24) is 5.32 Å². The van der Waals surface area contributed by atoms with E-state index in [0.29, 0.717) is 28.2 Å². The number of rotatable bonds is 5. The van der Waals surface area contributed by atoms with Gasteiger partial charge in [0.1, 0.15) is 0 Å². The molecule has 0 bridgehead atoms. The molecule has 0 radical (unpaired) electrons. The van der Waals surface area contributed by atoms with Gasteiger partial charge in [-0.3, -0.25) is 4.79 Å². The molecule has 5 nitrogen and oxygen atoms in total. The average molecular weight is 461 g/mol. The molecule has 0 atom stereocenters. The summed E-state index contributed by atoms with van der Waals surface area (Å²) < 4.78 is 11.8. The lowest BCUT2D eigenvalue weighted by Crippen LogP contribution is -2.19. The molecule has 1 aliphatic heterocycles. The molecule has 1 heterocycles. The van der Waals surface area contributed by atoms with E-state index in [1.54, 1.807) is 7.11 Å². The predicted octanol–water partition coefficient (Wildman–Crippen LogP) is 5.36. The Kier molecular flexibility index (Phi) is 6.46. The van der Waals surface area contributed by atoms with Crippen LogP contribution in [-0.4, -0.2) is 24.8 Å². The summed E-state index contributed by atoms with van der Waals surface area (Å²) in [5, 5.41) is 3.39. The third-order valence-corrected chi connectivity index (χ3v) is 5.43. The van der Waals surface area contributed by atoms with E-state index < -0.39 is 0 Å². The lowest BCUT2D eigenvalue weighted by atomic mass is 10.1. The highest BCUT2D eigenvalue weighted by Crippen LogP contribution is 2.38. The van der Waals surface area contributed by atoms with Crippen LogP contribution in [0.4, 0.5) is 5.69 Å². The summed E-state index contributed by atoms with van der Waals surface area (Å²) in [4.78, 5) is 17.5. The van der Waals surface area contributed by atoms with E-state index in [9.17, 15) is 4.79 Å². The highest BCUT2D eigenvalue weighted by Gasteiger charge is 2.24. The van der Waals surface area contributed by atoms with Crippen LogP contribution in [0, 0.1) is 13.8 Å². The quantitative estimate of drug-likeness (QED) is 0.609. The lowest BCUT2D eigenvalue weighted by Gasteiger charge is -2.12. The maximum atomic E-state index is 12.4. The summed E-state index contributed by atoms with van der Waals surface area (Å²) in [5.41, 5.74) is 3.93. The zero-order valence-electron chi connectivity index (χ0n) is 16.1. The van der Waals surface area contributed by atoms with Gasteiger partial charge in [0, 0.05) is 0 Å². The molecule has 1 fully saturated rings. The molecule has 0 aromatic heterocycles. The molecule has 7 heteroatoms. The Morgan fingerprint density at radius 3 is 2.54 bits per heavy atom. The Morgan fingerprint density at radius 1 is 1.18 bits per heavy atom. The van der Waals surface area contributed by atoms with Crippen LogP contribution in [0.5, 0.6) is 11.5 Å². The maximum absolute atomic E-state index is 12.4. The summed E-state index contributed by atoms with van der Waals surface area (Å²) in [6, 6.07) is 9.81. The second-order valence-corrected chi connectivity index (χ2v) is 8.18. The van der Waals surface area contributed by atoms with E-state index in [-0.39, 0.29) is 5.91 Å². The number of ether oxygens (including phenoxy) is 2. The Hall–Kier alpha value is -2.25. The Bertz CT molecular complexity index is 966. The number of nitrogens with one attached hydrogen (secondary N) is 1. The topological polar surface area (TPSA) is 59.9 Å². The number of aryl methyl sites for hydroxylation is 2. The molecule has 2 aromatic carbocycles. The van der Waals surface area contributed by atoms with Crippen LogP contribution < -0.4 is 14.8 Å². The molecule has 0 unspecified atom stereocenters. The van der Waals surface area contributed by atoms with Gasteiger partial charge in [0.2, 0.25) is 0 Å². The zero-order chi connectivity index (χ0) is 20.3. The van der Waals surface area contributed by atoms with Gasteiger partial charge in [-0.1, -0.05) is 6.07 Å². The van der Waals surface area contributed by atoms with E-state index in [0.717, 1.165) is 26.9 Å². The summed E-state index contributed by atoms with van der Waals surface area (Å²) >= 11 is 4.83. The summed E-state index contributed by atoms with van der Waals surface area (Å²) in [5.74, 6) is 1.08. The molecular formula is C21H21BrN2O3S. The first kappa shape index (κ1) is 20.5. The molecule has 28 heavy (non-hydrogen) atoms. The minimum absolute atomic E-state index is 0.169. The fourth-order valence-corrected chi connectivity index (χ4v) is 4.29. The van der Waals surface area contributed by atoms with Crippen molar-refractivity contribution >= 4 is 50.5 Å². The van der Waals surface area contributed by atoms with Crippen molar-refractivity contribution in [3.05, 3.63) is 56.4 Å². The first-order chi connectivity index (χ1) is 13.4. The van der Waals surface area contributed by atoms with E-state index in [1.165, 1.54) is 11.8 Å². The standard InChI is InChI=1S/C21H21BrN2O3S/c1-5-27-19-16(22)9-14(10-17(19)26-4)11-18-20(25)24-21(28-18)23-15-7-12(2)6-13(3)8-15/h6-11H,5H2,1-4H3,(H,23,24,25)/b18-11-. The number of hydrogen-bond acceptors (Lipinski definition) is 5. The minimum atomic E-state index is -0.169. The minimum Gasteiger partial charge on any atom is -0.493 e. The molecule has 1 amide bonds. The van der Waals surface area contributed by atoms with Crippen molar-refractivity contribution in [2.45, 2.75) is 20.8 Å². The fraction of sp³-hybridized carbons (Fsp3) is 0.238. The first-order valence-electron chi connectivity index (χ1n) is 8.77. The first-order valence-corrected chi connectivity index (χ1v) is 10.4. The number of carbonyl (C=O) groups is 1. The molecule has 146 valence electrons. The number of aliphatic imine (C=N–C) groups is 1. The lowest BCUT2D eigenvalue weighted by molar-refractivity contribution is -0.115. The smallest absolute Gasteiger partial charge is 0.264 e. The third kappa shape index (κ3) is 4.77. The zero-order valence-corrected chi connectivity index (χ0v) is 18.5. The SMILES string of the molecule is CCOc1c(Br)cc(/C=C2\SC(=Nc3cc(C)cc(C)c3)NC2=O)cc1OC. The molecule has 0 saturated carbocycles. The summed E-state index contributed by atoms with van der Waals surface area (Å²) in [6.07, 6.45) is 1.81. The number of thioether (sulfide) groups is 1. The molecule has 3 rings (SSSR count). The molecule has 0 aliphatic carbocycles. The second kappa shape index (κ2) is 8.84. The van der Waals surface area contributed by atoms with Gasteiger partial charge in [-0.2, -0.15) is 0 Å². The van der Waals surface area contributed by atoms with Crippen LogP contribution in [-0.2, 0) is 4.79 Å². The highest BCUT2D eigenvalue weighted by atomic mass is 79.9. The van der Waals surface area contributed by atoms with Gasteiger partial charge in [-0.05, 0) is 95.5 Å². The van der Waals surface area contributed by atoms with Gasteiger partial charge < -0.3 is 14.8 Å². The molecule has 2 aromatic rings. The van der Waals surface area contributed by atoms with Crippen molar-refractivity contribution in [3.8, 4) is 11.5 Å². The Morgan fingerprint density at radius 2 is 1.89 bits per heavy atom. The number of benzene rings is 2. The van der Waals surface area contributed by atoms with Crippen molar-refractivity contribution in [2.75, 3.05) is 13.7 Å². The van der Waals surface area contributed by atoms with Crippen molar-refractivity contribution in [3.63, 3.8) is 0 Å². The van der Waals surface area contributed by atoms with Gasteiger partial charge in [0.25, 0.3) is 5.91 Å². The van der Waals surface area contributed by atoms with E-state index in [4.69, 9.17) is 9.47 Å². The molecule has 1 N–H and O–H groups in total. The van der Waals surface area contributed by atoms with Gasteiger partial charge in [0.15, 0.2) is 16.7 Å². The van der Waals surface area contributed by atoms with Crippen LogP contribution >= 0.6 is 27.7 Å². The van der Waals surface area contributed by atoms with E-state index in [1.807, 2.05) is 51.1 Å². The monoisotopic (exact) mass is 460 g/mol. The van der Waals surface area contributed by atoms with Crippen LogP contribution in [0.25, 0.3) is 6.08 Å². The summed E-state index contributed by atoms with van der Waals surface area (Å²) in [7, 11) is 1.59. The average Bonchev–Trinajstić information content (AvgIpc) is 2.95. The fourth-order valence-electron chi connectivity index (χ4n) is 2.87. The Labute approximate surface area is 177 Å². The number of amides is 1. The maximum Gasteiger partial charge on any atom is 0.264 e. The molecular weight excluding hydrogens is 440 g/mol. The number of hydrogen-bond donors (Lipinski definition) is 1.